The Kier molecular flexibility index (Phi) is 3.76. The summed E-state index contributed by atoms with van der Waals surface area (Å²) in [6.45, 7) is 6.10. The molecular weight excluding hydrogens is 248 g/mol. The highest BCUT2D eigenvalue weighted by atomic mass is 32.1. The lowest BCUT2D eigenvalue weighted by atomic mass is 10.2. The standard InChI is InChI=1S/C12H16N4OS/c1-7-11(18-9(3)14-7)8(2)15-12-13-6-5-10(16-12)17-4/h5-6,8H,1-4H3,(H,13,15,16). The quantitative estimate of drug-likeness (QED) is 0.920. The van der Waals surface area contributed by atoms with Gasteiger partial charge >= 0.3 is 0 Å². The lowest BCUT2D eigenvalue weighted by Crippen LogP contribution is -2.09. The van der Waals surface area contributed by atoms with Crippen LogP contribution in [-0.2, 0) is 0 Å². The largest absolute Gasteiger partial charge is 0.481 e. The Labute approximate surface area is 110 Å². The lowest BCUT2D eigenvalue weighted by molar-refractivity contribution is 0.397. The number of nitrogens with zero attached hydrogens (tertiary/aromatic N) is 3. The van der Waals surface area contributed by atoms with Crippen LogP contribution in [0.4, 0.5) is 5.95 Å². The Bertz CT molecular complexity index is 541. The molecule has 0 aromatic carbocycles. The first-order valence-electron chi connectivity index (χ1n) is 5.67. The summed E-state index contributed by atoms with van der Waals surface area (Å²) in [5.41, 5.74) is 1.06. The van der Waals surface area contributed by atoms with Crippen molar-refractivity contribution in [1.29, 1.82) is 0 Å². The Morgan fingerprint density at radius 2 is 2.11 bits per heavy atom. The summed E-state index contributed by atoms with van der Waals surface area (Å²) in [5, 5.41) is 4.33. The van der Waals surface area contributed by atoms with Gasteiger partial charge in [-0.2, -0.15) is 4.98 Å². The third kappa shape index (κ3) is 2.76. The van der Waals surface area contributed by atoms with E-state index in [0.29, 0.717) is 11.8 Å². The summed E-state index contributed by atoms with van der Waals surface area (Å²) in [6, 6.07) is 1.85. The molecular formula is C12H16N4OS. The molecule has 1 atom stereocenters. The van der Waals surface area contributed by atoms with E-state index in [1.165, 1.54) is 4.88 Å². The van der Waals surface area contributed by atoms with Crippen molar-refractivity contribution in [3.8, 4) is 5.88 Å². The minimum atomic E-state index is 0.128. The van der Waals surface area contributed by atoms with Crippen molar-refractivity contribution in [1.82, 2.24) is 15.0 Å². The van der Waals surface area contributed by atoms with Gasteiger partial charge in [-0.25, -0.2) is 9.97 Å². The van der Waals surface area contributed by atoms with E-state index in [4.69, 9.17) is 4.74 Å². The number of methoxy groups -OCH3 is 1. The van der Waals surface area contributed by atoms with Crippen molar-refractivity contribution in [3.63, 3.8) is 0 Å². The molecule has 6 heteroatoms. The number of anilines is 1. The minimum Gasteiger partial charge on any atom is -0.481 e. The summed E-state index contributed by atoms with van der Waals surface area (Å²) >= 11 is 1.69. The zero-order valence-corrected chi connectivity index (χ0v) is 11.7. The molecule has 0 bridgehead atoms. The molecule has 1 unspecified atom stereocenters. The number of ether oxygens (including phenoxy) is 1. The zero-order chi connectivity index (χ0) is 13.1. The molecule has 2 aromatic heterocycles. The predicted molar refractivity (Wildman–Crippen MR) is 72.2 cm³/mol. The maximum atomic E-state index is 5.07. The van der Waals surface area contributed by atoms with Crippen molar-refractivity contribution < 1.29 is 4.74 Å². The molecule has 0 aliphatic carbocycles. The molecule has 0 radical (unpaired) electrons. The van der Waals surface area contributed by atoms with Crippen LogP contribution in [0.2, 0.25) is 0 Å². The first kappa shape index (κ1) is 12.8. The highest BCUT2D eigenvalue weighted by Gasteiger charge is 2.13. The Hall–Kier alpha value is -1.69. The first-order valence-corrected chi connectivity index (χ1v) is 6.49. The molecule has 0 aliphatic heterocycles. The second kappa shape index (κ2) is 5.30. The van der Waals surface area contributed by atoms with E-state index in [2.05, 4.69) is 27.2 Å². The highest BCUT2D eigenvalue weighted by molar-refractivity contribution is 7.11. The Morgan fingerprint density at radius 1 is 1.33 bits per heavy atom. The van der Waals surface area contributed by atoms with E-state index < -0.39 is 0 Å². The number of nitrogens with one attached hydrogen (secondary N) is 1. The monoisotopic (exact) mass is 264 g/mol. The fourth-order valence-electron chi connectivity index (χ4n) is 1.73. The summed E-state index contributed by atoms with van der Waals surface area (Å²) in [6.07, 6.45) is 1.67. The number of aryl methyl sites for hydroxylation is 2. The van der Waals surface area contributed by atoms with Crippen LogP contribution in [0.25, 0.3) is 0 Å². The second-order valence-electron chi connectivity index (χ2n) is 3.97. The van der Waals surface area contributed by atoms with Gasteiger partial charge in [0, 0.05) is 17.1 Å². The molecule has 96 valence electrons. The van der Waals surface area contributed by atoms with Gasteiger partial charge in [-0.3, -0.25) is 0 Å². The van der Waals surface area contributed by atoms with Gasteiger partial charge in [0.1, 0.15) is 0 Å². The Morgan fingerprint density at radius 3 is 2.72 bits per heavy atom. The van der Waals surface area contributed by atoms with Crippen molar-refractivity contribution in [2.75, 3.05) is 12.4 Å². The van der Waals surface area contributed by atoms with E-state index in [1.54, 1.807) is 30.7 Å². The SMILES string of the molecule is COc1ccnc(NC(C)c2sc(C)nc2C)n1. The van der Waals surface area contributed by atoms with Crippen LogP contribution in [0.5, 0.6) is 5.88 Å². The van der Waals surface area contributed by atoms with E-state index in [1.807, 2.05) is 13.8 Å². The molecule has 1 N–H and O–H groups in total. The molecule has 5 nitrogen and oxygen atoms in total. The van der Waals surface area contributed by atoms with Crippen LogP contribution in [0, 0.1) is 13.8 Å². The van der Waals surface area contributed by atoms with Gasteiger partial charge in [0.15, 0.2) is 0 Å². The van der Waals surface area contributed by atoms with Gasteiger partial charge in [0.05, 0.1) is 23.9 Å². The van der Waals surface area contributed by atoms with E-state index in [9.17, 15) is 0 Å². The van der Waals surface area contributed by atoms with Crippen LogP contribution < -0.4 is 10.1 Å². The third-order valence-electron chi connectivity index (χ3n) is 2.52. The molecule has 18 heavy (non-hydrogen) atoms. The molecule has 2 heterocycles. The fraction of sp³-hybridized carbons (Fsp3) is 0.417. The average Bonchev–Trinajstić information content (AvgIpc) is 2.69. The zero-order valence-electron chi connectivity index (χ0n) is 10.9. The van der Waals surface area contributed by atoms with Crippen molar-refractivity contribution in [3.05, 3.63) is 27.8 Å². The third-order valence-corrected chi connectivity index (χ3v) is 3.77. The molecule has 2 rings (SSSR count). The molecule has 0 aliphatic rings. The van der Waals surface area contributed by atoms with Crippen molar-refractivity contribution in [2.45, 2.75) is 26.8 Å². The van der Waals surface area contributed by atoms with E-state index >= 15 is 0 Å². The van der Waals surface area contributed by atoms with Gasteiger partial charge in [-0.1, -0.05) is 0 Å². The van der Waals surface area contributed by atoms with Crippen LogP contribution in [0.1, 0.15) is 28.5 Å². The smallest absolute Gasteiger partial charge is 0.226 e. The summed E-state index contributed by atoms with van der Waals surface area (Å²) in [4.78, 5) is 14.0. The van der Waals surface area contributed by atoms with Gasteiger partial charge in [-0.15, -0.1) is 11.3 Å². The first-order chi connectivity index (χ1) is 8.60. The number of hydrogen-bond donors (Lipinski definition) is 1. The van der Waals surface area contributed by atoms with Crippen molar-refractivity contribution in [2.24, 2.45) is 0 Å². The maximum Gasteiger partial charge on any atom is 0.226 e. The molecule has 2 aromatic rings. The van der Waals surface area contributed by atoms with Crippen molar-refractivity contribution >= 4 is 17.3 Å². The number of aromatic nitrogens is 3. The topological polar surface area (TPSA) is 59.9 Å². The highest BCUT2D eigenvalue weighted by Crippen LogP contribution is 2.26. The lowest BCUT2D eigenvalue weighted by Gasteiger charge is -2.12. The van der Waals surface area contributed by atoms with Gasteiger partial charge < -0.3 is 10.1 Å². The van der Waals surface area contributed by atoms with Crippen LogP contribution in [-0.4, -0.2) is 22.1 Å². The number of hydrogen-bond acceptors (Lipinski definition) is 6. The van der Waals surface area contributed by atoms with Gasteiger partial charge in [-0.05, 0) is 20.8 Å². The van der Waals surface area contributed by atoms with Crippen LogP contribution in [0.15, 0.2) is 12.3 Å². The maximum absolute atomic E-state index is 5.07. The predicted octanol–water partition coefficient (Wildman–Crippen LogP) is 2.73. The second-order valence-corrected chi connectivity index (χ2v) is 5.21. The van der Waals surface area contributed by atoms with E-state index in [0.717, 1.165) is 10.7 Å². The van der Waals surface area contributed by atoms with Gasteiger partial charge in [0.25, 0.3) is 0 Å². The molecule has 0 saturated heterocycles. The normalized spacial score (nSPS) is 12.2. The van der Waals surface area contributed by atoms with Crippen LogP contribution >= 0.6 is 11.3 Å². The molecule has 0 saturated carbocycles. The average molecular weight is 264 g/mol. The summed E-state index contributed by atoms with van der Waals surface area (Å²) < 4.78 is 5.07. The molecule has 0 fully saturated rings. The van der Waals surface area contributed by atoms with Crippen LogP contribution in [0.3, 0.4) is 0 Å². The Balaban J connectivity index is 2.15. The number of thiazole rings is 1. The summed E-state index contributed by atoms with van der Waals surface area (Å²) in [5.74, 6) is 1.12. The molecule has 0 spiro atoms. The molecule has 0 amide bonds. The number of rotatable bonds is 4. The summed E-state index contributed by atoms with van der Waals surface area (Å²) in [7, 11) is 1.59. The minimum absolute atomic E-state index is 0.128. The fourth-order valence-corrected chi connectivity index (χ4v) is 2.66. The van der Waals surface area contributed by atoms with Gasteiger partial charge in [0.2, 0.25) is 11.8 Å². The van der Waals surface area contributed by atoms with E-state index in [-0.39, 0.29) is 6.04 Å².